The van der Waals surface area contributed by atoms with E-state index in [2.05, 4.69) is 27.1 Å². The largest absolute Gasteiger partial charge is 0.419 e. The molecule has 226 valence electrons. The van der Waals surface area contributed by atoms with E-state index < -0.39 is 17.6 Å². The van der Waals surface area contributed by atoms with E-state index in [1.165, 1.54) is 6.07 Å². The highest BCUT2D eigenvalue weighted by atomic mass is 35.5. The van der Waals surface area contributed by atoms with Gasteiger partial charge in [-0.3, -0.25) is 14.7 Å². The molecule has 4 rings (SSSR count). The van der Waals surface area contributed by atoms with Gasteiger partial charge in [0, 0.05) is 44.1 Å². The number of alkyl halides is 3. The molecule has 2 aromatic rings. The quantitative estimate of drug-likeness (QED) is 0.311. The Morgan fingerprint density at radius 2 is 1.78 bits per heavy atom. The molecule has 2 saturated heterocycles. The van der Waals surface area contributed by atoms with Gasteiger partial charge >= 0.3 is 6.18 Å². The molecule has 11 heteroatoms. The fraction of sp³-hybridized carbons (Fsp3) is 0.567. The summed E-state index contributed by atoms with van der Waals surface area (Å²) in [4.78, 5) is 18.9. The minimum Gasteiger partial charge on any atom is -0.317 e. The third kappa shape index (κ3) is 8.00. The van der Waals surface area contributed by atoms with Crippen LogP contribution in [0.15, 0.2) is 36.4 Å². The van der Waals surface area contributed by atoms with Gasteiger partial charge in [0.15, 0.2) is 0 Å². The molecular weight excluding hydrogens is 579 g/mol. The molecule has 0 aromatic heterocycles. The summed E-state index contributed by atoms with van der Waals surface area (Å²) in [5.41, 5.74) is 0.204. The van der Waals surface area contributed by atoms with Gasteiger partial charge < -0.3 is 10.1 Å². The Labute approximate surface area is 249 Å². The van der Waals surface area contributed by atoms with Crippen LogP contribution in [-0.2, 0) is 17.5 Å². The van der Waals surface area contributed by atoms with E-state index in [-0.39, 0.29) is 30.5 Å². The fourth-order valence-corrected chi connectivity index (χ4v) is 6.61. The average Bonchev–Trinajstić information content (AvgIpc) is 3.35. The topological polar surface area (TPSA) is 38.8 Å². The molecule has 0 spiro atoms. The van der Waals surface area contributed by atoms with Crippen LogP contribution in [0.3, 0.4) is 0 Å². The summed E-state index contributed by atoms with van der Waals surface area (Å²) in [6.07, 6.45) is -1.48. The van der Waals surface area contributed by atoms with E-state index in [0.29, 0.717) is 47.6 Å². The van der Waals surface area contributed by atoms with Crippen LogP contribution in [-0.4, -0.2) is 79.0 Å². The maximum atomic E-state index is 14.4. The van der Waals surface area contributed by atoms with Crippen molar-refractivity contribution in [3.8, 4) is 0 Å². The van der Waals surface area contributed by atoms with Gasteiger partial charge in [-0.2, -0.15) is 13.2 Å². The second-order valence-corrected chi connectivity index (χ2v) is 12.2. The number of rotatable bonds is 10. The first-order chi connectivity index (χ1) is 19.3. The normalized spacial score (nSPS) is 21.6. The summed E-state index contributed by atoms with van der Waals surface area (Å²) >= 11 is 12.6. The smallest absolute Gasteiger partial charge is 0.317 e. The third-order valence-corrected chi connectivity index (χ3v) is 9.30. The van der Waals surface area contributed by atoms with Gasteiger partial charge in [-0.25, -0.2) is 4.39 Å². The molecular formula is C30H38Cl2F4N4O. The molecule has 0 saturated carbocycles. The van der Waals surface area contributed by atoms with Gasteiger partial charge in [0.2, 0.25) is 0 Å². The first kappa shape index (κ1) is 32.2. The molecule has 2 aromatic carbocycles. The summed E-state index contributed by atoms with van der Waals surface area (Å²) in [5, 5.41) is 4.33. The Balaban J connectivity index is 1.62. The van der Waals surface area contributed by atoms with E-state index in [4.69, 9.17) is 23.2 Å². The number of piperidine rings is 1. The molecule has 1 N–H and O–H groups in total. The second kappa shape index (κ2) is 13.7. The van der Waals surface area contributed by atoms with Crippen molar-refractivity contribution >= 4 is 29.0 Å². The molecule has 2 fully saturated rings. The molecule has 0 aliphatic carbocycles. The van der Waals surface area contributed by atoms with Crippen LogP contribution in [0.2, 0.25) is 10.0 Å². The van der Waals surface area contributed by atoms with E-state index in [9.17, 15) is 22.4 Å². The van der Waals surface area contributed by atoms with Crippen molar-refractivity contribution in [2.24, 2.45) is 0 Å². The Bertz CT molecular complexity index is 1210. The number of hydrogen-bond donors (Lipinski definition) is 1. The standard InChI is InChI=1S/C30H38Cl2F4N4O/c1-19(41)4-9-29(39(3)22-10-12-37-13-11-22)40-17-23(21-6-8-25(31)26(32)15-21)28(18-40)38(2)16-20-5-7-24(27(33)14-20)30(34,35)36/h5-8,14-15,22-23,28-29,37H,4,9-13,16-18H2,1-3H3/t23-,28-,29?/m1/s1. The third-order valence-electron chi connectivity index (χ3n) is 8.56. The van der Waals surface area contributed by atoms with Crippen molar-refractivity contribution in [3.63, 3.8) is 0 Å². The van der Waals surface area contributed by atoms with Crippen molar-refractivity contribution in [2.45, 2.75) is 69.5 Å². The van der Waals surface area contributed by atoms with Gasteiger partial charge in [0.25, 0.3) is 0 Å². The highest BCUT2D eigenvalue weighted by Gasteiger charge is 2.41. The first-order valence-corrected chi connectivity index (χ1v) is 14.8. The molecule has 0 radical (unpaired) electrons. The number of halogens is 6. The van der Waals surface area contributed by atoms with Crippen LogP contribution in [0.25, 0.3) is 0 Å². The SMILES string of the molecule is CC(=O)CCC(N1C[C@H](c2ccc(Cl)c(Cl)c2)[C@H](N(C)Cc2ccc(C(F)(F)F)c(F)c2)C1)N(C)C1CCNCC1. The predicted molar refractivity (Wildman–Crippen MR) is 155 cm³/mol. The Morgan fingerprint density at radius 1 is 1.07 bits per heavy atom. The number of likely N-dealkylation sites (tertiary alicyclic amines) is 1. The number of Topliss-reactive ketones (excluding diaryl/α,β-unsaturated/α-hetero) is 1. The summed E-state index contributed by atoms with van der Waals surface area (Å²) < 4.78 is 53.7. The van der Waals surface area contributed by atoms with Crippen LogP contribution in [0.1, 0.15) is 55.2 Å². The van der Waals surface area contributed by atoms with Crippen LogP contribution < -0.4 is 5.32 Å². The maximum absolute atomic E-state index is 14.4. The molecule has 5 nitrogen and oxygen atoms in total. The lowest BCUT2D eigenvalue weighted by molar-refractivity contribution is -0.140. The molecule has 2 heterocycles. The first-order valence-electron chi connectivity index (χ1n) is 14.0. The summed E-state index contributed by atoms with van der Waals surface area (Å²) in [7, 11) is 4.05. The Kier molecular flexibility index (Phi) is 10.7. The molecule has 41 heavy (non-hydrogen) atoms. The zero-order valence-corrected chi connectivity index (χ0v) is 25.2. The van der Waals surface area contributed by atoms with E-state index in [1.54, 1.807) is 13.0 Å². The molecule has 1 unspecified atom stereocenters. The Hall–Kier alpha value is -1.75. The van der Waals surface area contributed by atoms with Crippen molar-refractivity contribution in [2.75, 3.05) is 40.3 Å². The number of carbonyl (C=O) groups is 1. The number of benzene rings is 2. The van der Waals surface area contributed by atoms with Crippen molar-refractivity contribution in [1.29, 1.82) is 0 Å². The van der Waals surface area contributed by atoms with Gasteiger partial charge in [-0.1, -0.05) is 35.3 Å². The molecule has 3 atom stereocenters. The van der Waals surface area contributed by atoms with E-state index in [0.717, 1.165) is 43.6 Å². The molecule has 2 aliphatic heterocycles. The summed E-state index contributed by atoms with van der Waals surface area (Å²) in [6, 6.07) is 9.08. The summed E-state index contributed by atoms with van der Waals surface area (Å²) in [6.45, 7) is 5.16. The van der Waals surface area contributed by atoms with Crippen molar-refractivity contribution in [3.05, 3.63) is 69.0 Å². The van der Waals surface area contributed by atoms with Crippen LogP contribution in [0.4, 0.5) is 17.6 Å². The van der Waals surface area contributed by atoms with Gasteiger partial charge in [-0.15, -0.1) is 0 Å². The average molecular weight is 618 g/mol. The lowest BCUT2D eigenvalue weighted by atomic mass is 9.93. The molecule has 2 aliphatic rings. The van der Waals surface area contributed by atoms with Crippen molar-refractivity contribution in [1.82, 2.24) is 20.0 Å². The number of carbonyl (C=O) groups excluding carboxylic acids is 1. The highest BCUT2D eigenvalue weighted by Crippen LogP contribution is 2.37. The highest BCUT2D eigenvalue weighted by molar-refractivity contribution is 6.42. The van der Waals surface area contributed by atoms with Gasteiger partial charge in [0.05, 0.1) is 21.8 Å². The fourth-order valence-electron chi connectivity index (χ4n) is 6.30. The summed E-state index contributed by atoms with van der Waals surface area (Å²) in [5.74, 6) is -1.12. The Morgan fingerprint density at radius 3 is 2.39 bits per heavy atom. The van der Waals surface area contributed by atoms with Gasteiger partial charge in [-0.05, 0) is 88.8 Å². The van der Waals surface area contributed by atoms with Crippen LogP contribution in [0.5, 0.6) is 0 Å². The monoisotopic (exact) mass is 616 g/mol. The number of nitrogens with one attached hydrogen (secondary N) is 1. The lowest BCUT2D eigenvalue weighted by Crippen LogP contribution is -2.53. The number of nitrogens with zero attached hydrogens (tertiary/aromatic N) is 3. The molecule has 0 bridgehead atoms. The predicted octanol–water partition coefficient (Wildman–Crippen LogP) is 6.43. The number of hydrogen-bond acceptors (Lipinski definition) is 5. The van der Waals surface area contributed by atoms with Crippen molar-refractivity contribution < 1.29 is 22.4 Å². The molecule has 0 amide bonds. The maximum Gasteiger partial charge on any atom is 0.419 e. The number of ketones is 1. The van der Waals surface area contributed by atoms with E-state index in [1.807, 2.05) is 19.2 Å². The van der Waals surface area contributed by atoms with Gasteiger partial charge in [0.1, 0.15) is 11.6 Å². The number of likely N-dealkylation sites (N-methyl/N-ethyl adjacent to an activating group) is 1. The lowest BCUT2D eigenvalue weighted by Gasteiger charge is -2.42. The second-order valence-electron chi connectivity index (χ2n) is 11.4. The van der Waals surface area contributed by atoms with Crippen LogP contribution in [0, 0.1) is 5.82 Å². The minimum atomic E-state index is -4.74. The zero-order chi connectivity index (χ0) is 29.9. The van der Waals surface area contributed by atoms with Crippen LogP contribution >= 0.6 is 23.2 Å². The van der Waals surface area contributed by atoms with E-state index >= 15 is 0 Å². The zero-order valence-electron chi connectivity index (χ0n) is 23.7. The minimum absolute atomic E-state index is 0.00955.